The SMILES string of the molecule is O=C(O)C=CC(=O)O.O=C(O)CCCCCC(=O)O. The molecule has 0 saturated heterocycles. The average Bonchev–Trinajstić information content (AvgIpc) is 2.26. The van der Waals surface area contributed by atoms with Crippen molar-refractivity contribution in [1.29, 1.82) is 0 Å². The fourth-order valence-electron chi connectivity index (χ4n) is 0.872. The zero-order valence-corrected chi connectivity index (χ0v) is 10.1. The van der Waals surface area contributed by atoms with E-state index in [1.54, 1.807) is 0 Å². The number of carbonyl (C=O) groups is 4. The lowest BCUT2D eigenvalue weighted by Crippen LogP contribution is -1.96. The van der Waals surface area contributed by atoms with Crippen LogP contribution in [0.15, 0.2) is 12.2 Å². The topological polar surface area (TPSA) is 149 Å². The molecule has 0 aliphatic rings. The second kappa shape index (κ2) is 12.1. The van der Waals surface area contributed by atoms with Crippen LogP contribution in [0.5, 0.6) is 0 Å². The number of unbranched alkanes of at least 4 members (excludes halogenated alkanes) is 2. The second-order valence-corrected chi connectivity index (χ2v) is 3.36. The van der Waals surface area contributed by atoms with Gasteiger partial charge >= 0.3 is 23.9 Å². The molecule has 0 atom stereocenters. The van der Waals surface area contributed by atoms with Crippen molar-refractivity contribution in [2.45, 2.75) is 32.1 Å². The van der Waals surface area contributed by atoms with Crippen LogP contribution in [-0.2, 0) is 19.2 Å². The predicted molar refractivity (Wildman–Crippen MR) is 62.8 cm³/mol. The van der Waals surface area contributed by atoms with Crippen LogP contribution >= 0.6 is 0 Å². The molecule has 0 spiro atoms. The minimum atomic E-state index is -1.26. The van der Waals surface area contributed by atoms with Crippen molar-refractivity contribution in [3.8, 4) is 0 Å². The highest BCUT2D eigenvalue weighted by atomic mass is 16.4. The van der Waals surface area contributed by atoms with Crippen LogP contribution in [0.4, 0.5) is 0 Å². The number of hydrogen-bond acceptors (Lipinski definition) is 4. The highest BCUT2D eigenvalue weighted by Gasteiger charge is 1.98. The molecule has 0 aromatic heterocycles. The first-order valence-corrected chi connectivity index (χ1v) is 5.33. The molecule has 0 aliphatic heterocycles. The van der Waals surface area contributed by atoms with Gasteiger partial charge in [0, 0.05) is 25.0 Å². The van der Waals surface area contributed by atoms with Gasteiger partial charge in [-0.25, -0.2) is 9.59 Å². The van der Waals surface area contributed by atoms with Crippen LogP contribution in [0.2, 0.25) is 0 Å². The van der Waals surface area contributed by atoms with E-state index in [-0.39, 0.29) is 12.8 Å². The molecule has 8 nitrogen and oxygen atoms in total. The Hall–Kier alpha value is -2.38. The van der Waals surface area contributed by atoms with E-state index in [2.05, 4.69) is 0 Å². The first-order chi connectivity index (χ1) is 8.75. The first kappa shape index (κ1) is 19.0. The van der Waals surface area contributed by atoms with Crippen molar-refractivity contribution < 1.29 is 39.6 Å². The van der Waals surface area contributed by atoms with Crippen LogP contribution < -0.4 is 0 Å². The minimum Gasteiger partial charge on any atom is -0.481 e. The lowest BCUT2D eigenvalue weighted by molar-refractivity contribution is -0.137. The zero-order valence-electron chi connectivity index (χ0n) is 10.1. The molecule has 0 radical (unpaired) electrons. The van der Waals surface area contributed by atoms with Crippen LogP contribution in [0.25, 0.3) is 0 Å². The molecular formula is C11H16O8. The van der Waals surface area contributed by atoms with E-state index < -0.39 is 23.9 Å². The van der Waals surface area contributed by atoms with Crippen LogP contribution in [0.1, 0.15) is 32.1 Å². The van der Waals surface area contributed by atoms with Gasteiger partial charge in [-0.05, 0) is 12.8 Å². The number of aliphatic carboxylic acids is 4. The number of carboxylic acid groups (broad SMARTS) is 4. The summed E-state index contributed by atoms with van der Waals surface area (Å²) in [5.41, 5.74) is 0. The molecule has 0 rings (SSSR count). The van der Waals surface area contributed by atoms with E-state index in [1.807, 2.05) is 0 Å². The van der Waals surface area contributed by atoms with Crippen LogP contribution in [0.3, 0.4) is 0 Å². The summed E-state index contributed by atoms with van der Waals surface area (Å²) in [5, 5.41) is 32.0. The van der Waals surface area contributed by atoms with Crippen molar-refractivity contribution in [2.24, 2.45) is 0 Å². The molecule has 0 heterocycles. The molecule has 8 heteroatoms. The highest BCUT2D eigenvalue weighted by molar-refractivity contribution is 5.89. The van der Waals surface area contributed by atoms with Crippen molar-refractivity contribution in [3.63, 3.8) is 0 Å². The van der Waals surface area contributed by atoms with E-state index in [0.29, 0.717) is 31.4 Å². The molecule has 0 amide bonds. The maximum absolute atomic E-state index is 9.98. The van der Waals surface area contributed by atoms with Gasteiger partial charge in [-0.15, -0.1) is 0 Å². The Labute approximate surface area is 109 Å². The van der Waals surface area contributed by atoms with E-state index in [1.165, 1.54) is 0 Å². The molecule has 0 aliphatic carbocycles. The fourth-order valence-corrected chi connectivity index (χ4v) is 0.872. The van der Waals surface area contributed by atoms with Gasteiger partial charge in [-0.1, -0.05) is 6.42 Å². The first-order valence-electron chi connectivity index (χ1n) is 5.33. The Kier molecular flexibility index (Phi) is 12.1. The van der Waals surface area contributed by atoms with Gasteiger partial charge in [0.05, 0.1) is 0 Å². The molecule has 0 fully saturated rings. The third kappa shape index (κ3) is 25.7. The second-order valence-electron chi connectivity index (χ2n) is 3.36. The van der Waals surface area contributed by atoms with Crippen molar-refractivity contribution in [1.82, 2.24) is 0 Å². The maximum Gasteiger partial charge on any atom is 0.328 e. The summed E-state index contributed by atoms with van der Waals surface area (Å²) >= 11 is 0. The Morgan fingerprint density at radius 1 is 0.632 bits per heavy atom. The summed E-state index contributed by atoms with van der Waals surface area (Å²) in [6.07, 6.45) is 3.22. The quantitative estimate of drug-likeness (QED) is 0.376. The van der Waals surface area contributed by atoms with E-state index >= 15 is 0 Å². The average molecular weight is 276 g/mol. The molecule has 4 N–H and O–H groups in total. The molecule has 19 heavy (non-hydrogen) atoms. The van der Waals surface area contributed by atoms with Crippen molar-refractivity contribution in [2.75, 3.05) is 0 Å². The Balaban J connectivity index is 0. The lowest BCUT2D eigenvalue weighted by atomic mass is 10.1. The molecule has 0 aromatic rings. The van der Waals surface area contributed by atoms with Gasteiger partial charge in [0.15, 0.2) is 0 Å². The molecule has 0 unspecified atom stereocenters. The Morgan fingerprint density at radius 3 is 1.16 bits per heavy atom. The monoisotopic (exact) mass is 276 g/mol. The molecule has 0 aromatic carbocycles. The summed E-state index contributed by atoms with van der Waals surface area (Å²) in [7, 11) is 0. The fraction of sp³-hybridized carbons (Fsp3) is 0.455. The predicted octanol–water partition coefficient (Wildman–Crippen LogP) is 0.818. The van der Waals surface area contributed by atoms with Gasteiger partial charge in [-0.2, -0.15) is 0 Å². The van der Waals surface area contributed by atoms with Crippen molar-refractivity contribution >= 4 is 23.9 Å². The number of carboxylic acids is 4. The summed E-state index contributed by atoms with van der Waals surface area (Å²) in [4.78, 5) is 39.1. The minimum absolute atomic E-state index is 0.139. The van der Waals surface area contributed by atoms with E-state index in [4.69, 9.17) is 20.4 Å². The number of hydrogen-bond donors (Lipinski definition) is 4. The van der Waals surface area contributed by atoms with Crippen LogP contribution in [0, 0.1) is 0 Å². The summed E-state index contributed by atoms with van der Waals surface area (Å²) in [6.45, 7) is 0. The van der Waals surface area contributed by atoms with Gasteiger partial charge in [0.2, 0.25) is 0 Å². The smallest absolute Gasteiger partial charge is 0.328 e. The lowest BCUT2D eigenvalue weighted by Gasteiger charge is -1.94. The van der Waals surface area contributed by atoms with Gasteiger partial charge in [-0.3, -0.25) is 9.59 Å². The third-order valence-corrected chi connectivity index (χ3v) is 1.65. The molecule has 108 valence electrons. The summed E-state index contributed by atoms with van der Waals surface area (Å²) in [5.74, 6) is -4.15. The molecule has 0 saturated carbocycles. The normalized spacial score (nSPS) is 9.47. The standard InChI is InChI=1S/C7H12O4.C4H4O4/c8-6(9)4-2-1-3-5-7(10)11;5-3(6)1-2-4(7)8/h1-5H2,(H,8,9)(H,10,11);1-2H,(H,5,6)(H,7,8). The van der Waals surface area contributed by atoms with Gasteiger partial charge < -0.3 is 20.4 Å². The van der Waals surface area contributed by atoms with Gasteiger partial charge in [0.1, 0.15) is 0 Å². The largest absolute Gasteiger partial charge is 0.481 e. The number of rotatable bonds is 8. The van der Waals surface area contributed by atoms with Gasteiger partial charge in [0.25, 0.3) is 0 Å². The third-order valence-electron chi connectivity index (χ3n) is 1.65. The van der Waals surface area contributed by atoms with Crippen molar-refractivity contribution in [3.05, 3.63) is 12.2 Å². The molecular weight excluding hydrogens is 260 g/mol. The van der Waals surface area contributed by atoms with E-state index in [0.717, 1.165) is 0 Å². The summed E-state index contributed by atoms with van der Waals surface area (Å²) < 4.78 is 0. The molecule has 0 bridgehead atoms. The Morgan fingerprint density at radius 2 is 0.947 bits per heavy atom. The zero-order chi connectivity index (χ0) is 15.3. The van der Waals surface area contributed by atoms with E-state index in [9.17, 15) is 19.2 Å². The van der Waals surface area contributed by atoms with Crippen LogP contribution in [-0.4, -0.2) is 44.3 Å². The maximum atomic E-state index is 9.98. The highest BCUT2D eigenvalue weighted by Crippen LogP contribution is 2.02. The Bertz CT molecular complexity index is 313. The summed E-state index contributed by atoms with van der Waals surface area (Å²) in [6, 6.07) is 0.